The zero-order chi connectivity index (χ0) is 22.0. The second kappa shape index (κ2) is 16.7. The molecule has 0 spiro atoms. The van der Waals surface area contributed by atoms with E-state index in [9.17, 15) is 19.8 Å². The molecule has 0 aliphatic rings. The Kier molecular flexibility index (Phi) is 14.5. The Bertz CT molecular complexity index is 595. The van der Waals surface area contributed by atoms with Gasteiger partial charge in [0.15, 0.2) is 0 Å². The highest BCUT2D eigenvalue weighted by Crippen LogP contribution is 2.20. The number of nitrogens with one attached hydrogen (secondary N) is 1. The number of phenolic OH excluding ortho intramolecular Hbond substituents is 2. The van der Waals surface area contributed by atoms with Crippen LogP contribution < -0.4 is 5.32 Å². The van der Waals surface area contributed by atoms with E-state index in [0.29, 0.717) is 6.42 Å². The Balaban J connectivity index is 1.93. The molecule has 1 rings (SSSR count). The van der Waals surface area contributed by atoms with E-state index in [-0.39, 0.29) is 23.0 Å². The summed E-state index contributed by atoms with van der Waals surface area (Å²) in [6.45, 7) is 2.26. The van der Waals surface area contributed by atoms with Gasteiger partial charge in [-0.15, -0.1) is 0 Å². The van der Waals surface area contributed by atoms with Crippen LogP contribution in [0.2, 0.25) is 0 Å². The standard InChI is InChI=1S/C25H41NO4/c1-2-3-4-5-6-7-8-9-10-11-12-13-14-15-16-17-24(29)26-25(30)21-18-22(27)20-23(28)19-21/h18-20,27-28H,2-17H2,1H3,(H,26,29,30). The SMILES string of the molecule is CCCCCCCCCCCCCCCCCC(=O)NC(=O)c1cc(O)cc(O)c1. The minimum atomic E-state index is -0.604. The summed E-state index contributed by atoms with van der Waals surface area (Å²) >= 11 is 0. The maximum atomic E-state index is 12.0. The summed E-state index contributed by atoms with van der Waals surface area (Å²) < 4.78 is 0. The molecular weight excluding hydrogens is 378 g/mol. The van der Waals surface area contributed by atoms with Crippen molar-refractivity contribution >= 4 is 11.8 Å². The predicted octanol–water partition coefficient (Wildman–Crippen LogP) is 6.62. The number of hydrogen-bond donors (Lipinski definition) is 3. The topological polar surface area (TPSA) is 86.6 Å². The average Bonchev–Trinajstić information content (AvgIpc) is 2.70. The van der Waals surface area contributed by atoms with Gasteiger partial charge in [0, 0.05) is 18.1 Å². The van der Waals surface area contributed by atoms with Crippen molar-refractivity contribution in [2.24, 2.45) is 0 Å². The van der Waals surface area contributed by atoms with Gasteiger partial charge in [0.25, 0.3) is 5.91 Å². The Hall–Kier alpha value is -2.04. The third-order valence-electron chi connectivity index (χ3n) is 5.43. The maximum Gasteiger partial charge on any atom is 0.258 e. The number of unbranched alkanes of at least 4 members (excludes halogenated alkanes) is 14. The molecule has 170 valence electrons. The molecule has 1 aromatic carbocycles. The monoisotopic (exact) mass is 419 g/mol. The normalized spacial score (nSPS) is 10.8. The number of carbonyl (C=O) groups excluding carboxylic acids is 2. The molecule has 0 saturated heterocycles. The van der Waals surface area contributed by atoms with Crippen molar-refractivity contribution in [3.05, 3.63) is 23.8 Å². The average molecular weight is 420 g/mol. The quantitative estimate of drug-likeness (QED) is 0.248. The summed E-state index contributed by atoms with van der Waals surface area (Å²) in [5.74, 6) is -1.35. The molecule has 3 N–H and O–H groups in total. The minimum Gasteiger partial charge on any atom is -0.508 e. The van der Waals surface area contributed by atoms with Crippen molar-refractivity contribution < 1.29 is 19.8 Å². The Morgan fingerprint density at radius 3 is 1.50 bits per heavy atom. The van der Waals surface area contributed by atoms with Crippen LogP contribution in [-0.2, 0) is 4.79 Å². The van der Waals surface area contributed by atoms with E-state index >= 15 is 0 Å². The summed E-state index contributed by atoms with van der Waals surface area (Å²) in [6, 6.07) is 3.57. The lowest BCUT2D eigenvalue weighted by atomic mass is 10.0. The van der Waals surface area contributed by atoms with Crippen LogP contribution in [0, 0.1) is 0 Å². The van der Waals surface area contributed by atoms with Crippen LogP contribution in [0.3, 0.4) is 0 Å². The number of benzene rings is 1. The molecule has 0 bridgehead atoms. The van der Waals surface area contributed by atoms with Crippen molar-refractivity contribution in [3.8, 4) is 11.5 Å². The molecular formula is C25H41NO4. The van der Waals surface area contributed by atoms with Gasteiger partial charge in [-0.2, -0.15) is 0 Å². The van der Waals surface area contributed by atoms with Crippen LogP contribution in [0.5, 0.6) is 11.5 Å². The Morgan fingerprint density at radius 1 is 0.667 bits per heavy atom. The molecule has 30 heavy (non-hydrogen) atoms. The maximum absolute atomic E-state index is 12.0. The highest BCUT2D eigenvalue weighted by Gasteiger charge is 2.12. The molecule has 0 fully saturated rings. The molecule has 0 aromatic heterocycles. The predicted molar refractivity (Wildman–Crippen MR) is 122 cm³/mol. The van der Waals surface area contributed by atoms with E-state index in [1.807, 2.05) is 0 Å². The van der Waals surface area contributed by atoms with Gasteiger partial charge in [0.05, 0.1) is 0 Å². The smallest absolute Gasteiger partial charge is 0.258 e. The van der Waals surface area contributed by atoms with E-state index in [1.54, 1.807) is 0 Å². The lowest BCUT2D eigenvalue weighted by molar-refractivity contribution is -0.120. The zero-order valence-electron chi connectivity index (χ0n) is 18.8. The van der Waals surface area contributed by atoms with E-state index < -0.39 is 5.91 Å². The molecule has 2 amide bonds. The van der Waals surface area contributed by atoms with Gasteiger partial charge in [0.1, 0.15) is 11.5 Å². The molecule has 1 aromatic rings. The summed E-state index contributed by atoms with van der Waals surface area (Å²) in [4.78, 5) is 23.8. The molecule has 0 atom stereocenters. The first-order chi connectivity index (χ1) is 14.5. The molecule has 0 radical (unpaired) electrons. The number of aromatic hydroxyl groups is 2. The van der Waals surface area contributed by atoms with Crippen molar-refractivity contribution in [1.82, 2.24) is 5.32 Å². The highest BCUT2D eigenvalue weighted by molar-refractivity contribution is 6.05. The second-order valence-electron chi connectivity index (χ2n) is 8.32. The molecule has 5 heteroatoms. The van der Waals surface area contributed by atoms with Gasteiger partial charge in [-0.1, -0.05) is 96.8 Å². The first-order valence-electron chi connectivity index (χ1n) is 11.9. The van der Waals surface area contributed by atoms with Crippen molar-refractivity contribution in [2.45, 2.75) is 110 Å². The summed E-state index contributed by atoms with van der Waals surface area (Å²) in [5, 5.41) is 21.1. The second-order valence-corrected chi connectivity index (χ2v) is 8.32. The van der Waals surface area contributed by atoms with Crippen molar-refractivity contribution in [2.75, 3.05) is 0 Å². The summed E-state index contributed by atoms with van der Waals surface area (Å²) in [6.07, 6.45) is 19.3. The van der Waals surface area contributed by atoms with Gasteiger partial charge < -0.3 is 10.2 Å². The van der Waals surface area contributed by atoms with Crippen LogP contribution in [0.15, 0.2) is 18.2 Å². The van der Waals surface area contributed by atoms with Crippen molar-refractivity contribution in [1.29, 1.82) is 0 Å². The summed E-state index contributed by atoms with van der Waals surface area (Å²) in [7, 11) is 0. The van der Waals surface area contributed by atoms with Crippen molar-refractivity contribution in [3.63, 3.8) is 0 Å². The number of imide groups is 1. The number of hydrogen-bond acceptors (Lipinski definition) is 4. The molecule has 5 nitrogen and oxygen atoms in total. The molecule has 0 aliphatic carbocycles. The number of phenols is 2. The third kappa shape index (κ3) is 13.2. The lowest BCUT2D eigenvalue weighted by Gasteiger charge is -2.06. The van der Waals surface area contributed by atoms with Gasteiger partial charge >= 0.3 is 0 Å². The Morgan fingerprint density at radius 2 is 1.07 bits per heavy atom. The van der Waals surface area contributed by atoms with E-state index in [0.717, 1.165) is 25.3 Å². The van der Waals surface area contributed by atoms with Gasteiger partial charge in [-0.3, -0.25) is 14.9 Å². The third-order valence-corrected chi connectivity index (χ3v) is 5.43. The van der Waals surface area contributed by atoms with Crippen LogP contribution in [-0.4, -0.2) is 22.0 Å². The minimum absolute atomic E-state index is 0.0670. The molecule has 0 aliphatic heterocycles. The molecule has 0 heterocycles. The van der Waals surface area contributed by atoms with Crippen LogP contribution in [0.1, 0.15) is 120 Å². The fourth-order valence-corrected chi connectivity index (χ4v) is 3.64. The number of rotatable bonds is 17. The van der Waals surface area contributed by atoms with Crippen LogP contribution in [0.25, 0.3) is 0 Å². The van der Waals surface area contributed by atoms with E-state index in [2.05, 4.69) is 12.2 Å². The lowest BCUT2D eigenvalue weighted by Crippen LogP contribution is -2.30. The molecule has 0 unspecified atom stereocenters. The van der Waals surface area contributed by atoms with E-state index in [4.69, 9.17) is 0 Å². The first-order valence-corrected chi connectivity index (χ1v) is 11.9. The van der Waals surface area contributed by atoms with Gasteiger partial charge in [-0.05, 0) is 18.6 Å². The number of amides is 2. The number of carbonyl (C=O) groups is 2. The first kappa shape index (κ1) is 26.0. The van der Waals surface area contributed by atoms with Gasteiger partial charge in [0.2, 0.25) is 5.91 Å². The highest BCUT2D eigenvalue weighted by atomic mass is 16.3. The summed E-state index contributed by atoms with van der Waals surface area (Å²) in [5.41, 5.74) is 0.0670. The van der Waals surface area contributed by atoms with E-state index in [1.165, 1.54) is 89.2 Å². The molecule has 0 saturated carbocycles. The fraction of sp³-hybridized carbons (Fsp3) is 0.680. The fourth-order valence-electron chi connectivity index (χ4n) is 3.64. The Labute approximate surface area is 182 Å². The largest absolute Gasteiger partial charge is 0.508 e. The van der Waals surface area contributed by atoms with Crippen LogP contribution in [0.4, 0.5) is 0 Å². The van der Waals surface area contributed by atoms with Crippen LogP contribution >= 0.6 is 0 Å². The van der Waals surface area contributed by atoms with Gasteiger partial charge in [-0.25, -0.2) is 0 Å². The zero-order valence-corrected chi connectivity index (χ0v) is 18.8.